The summed E-state index contributed by atoms with van der Waals surface area (Å²) in [5.41, 5.74) is 4.60. The van der Waals surface area contributed by atoms with Crippen molar-refractivity contribution in [3.05, 3.63) is 240 Å². The van der Waals surface area contributed by atoms with Crippen LogP contribution < -0.4 is 40.2 Å². The van der Waals surface area contributed by atoms with Gasteiger partial charge in [-0.25, -0.2) is 24.5 Å². The van der Waals surface area contributed by atoms with Gasteiger partial charge in [0.15, 0.2) is 29.3 Å². The molecule has 0 radical (unpaired) electrons. The van der Waals surface area contributed by atoms with Gasteiger partial charge < -0.3 is 83.4 Å². The van der Waals surface area contributed by atoms with Crippen molar-refractivity contribution in [1.82, 2.24) is 40.4 Å². The highest BCUT2D eigenvalue weighted by molar-refractivity contribution is 8.00. The van der Waals surface area contributed by atoms with Crippen molar-refractivity contribution in [3.63, 3.8) is 0 Å². The number of hydrogen-bond donors (Lipinski definition) is 5. The van der Waals surface area contributed by atoms with Crippen molar-refractivity contribution >= 4 is 52.6 Å². The first-order valence-corrected chi connectivity index (χ1v) is 38.2. The number of carbonyl (C=O) groups is 4. The number of esters is 1. The molecule has 3 aliphatic heterocycles. The first-order valence-electron chi connectivity index (χ1n) is 37.2. The van der Waals surface area contributed by atoms with E-state index in [-0.39, 0.29) is 80.1 Å². The highest BCUT2D eigenvalue weighted by atomic mass is 32.2. The van der Waals surface area contributed by atoms with Crippen LogP contribution in [0.4, 0.5) is 10.6 Å². The Morgan fingerprint density at radius 2 is 1.15 bits per heavy atom. The first kappa shape index (κ1) is 79.4. The van der Waals surface area contributed by atoms with Crippen LogP contribution in [0.2, 0.25) is 0 Å². The van der Waals surface area contributed by atoms with Gasteiger partial charge in [0.05, 0.1) is 79.9 Å². The summed E-state index contributed by atoms with van der Waals surface area (Å²) < 4.78 is 66.7. The number of amides is 4. The summed E-state index contributed by atoms with van der Waals surface area (Å²) in [6.45, 7) is -1.20. The van der Waals surface area contributed by atoms with Crippen LogP contribution in [0, 0.1) is 0 Å². The standard InChI is InChI=1S/C84H97N9O16S/c1-99-47-49-105-82(106-50-48-100-2)109-76-75(69(52-94)107-79(76)92-55-88-74-77(86-54-87-78(74)92)91-83(57-23-13-8-14-24-57,58-30-38-63(101-3)39-31-58)59-32-40-64(102-4)41-33-59)108-80(97)67(51-56-21-11-7-12-22-56)89-72(96)29-17-10-20-46-85-71(95)28-19-18-27-70-73-68(53-110-70)93(81(98)90-73)84(60-25-15-9-16-26-60,61-34-42-65(103-5)43-35-61)62-36-44-66(104-6)45-37-62/h7-9,11-16,21-26,30-45,54-55,67-70,73,75-76,79,82,94H,10,17-20,27-29,46-53H2,1-6H3,(H,85,95)(H,89,96)(H,90,98)(H,86,87,91)/t67-,68-,69+,70-,73-,75+,76+,79+/m0/s1/i108+2. The number of rotatable bonds is 41. The highest BCUT2D eigenvalue weighted by Gasteiger charge is 2.58. The molecule has 0 bridgehead atoms. The average molecular weight is 1520 g/mol. The van der Waals surface area contributed by atoms with Gasteiger partial charge in [-0.1, -0.05) is 152 Å². The number of imidazole rings is 1. The van der Waals surface area contributed by atoms with Crippen molar-refractivity contribution in [1.29, 1.82) is 0 Å². The maximum atomic E-state index is 15.0. The van der Waals surface area contributed by atoms with Gasteiger partial charge in [-0.15, -0.1) is 0 Å². The Hall–Kier alpha value is -10.2. The topological polar surface area (TPSA) is 285 Å². The molecule has 0 saturated carbocycles. The van der Waals surface area contributed by atoms with E-state index in [1.165, 1.54) is 26.9 Å². The average Bonchev–Trinajstić information content (AvgIpc) is 1.40. The lowest BCUT2D eigenvalue weighted by atomic mass is 9.74. The van der Waals surface area contributed by atoms with Crippen LogP contribution >= 0.6 is 11.8 Å². The summed E-state index contributed by atoms with van der Waals surface area (Å²) in [5, 5.41) is 24.6. The summed E-state index contributed by atoms with van der Waals surface area (Å²) >= 11 is 1.86. The van der Waals surface area contributed by atoms with E-state index in [1.807, 2.05) is 193 Å². The predicted molar refractivity (Wildman–Crippen MR) is 415 cm³/mol. The minimum Gasteiger partial charge on any atom is -0.497 e. The van der Waals surface area contributed by atoms with Crippen LogP contribution in [-0.4, -0.2) is 189 Å². The summed E-state index contributed by atoms with van der Waals surface area (Å²) in [6, 6.07) is 59.2. The first-order chi connectivity index (χ1) is 53.9. The number of aliphatic hydroxyl groups is 1. The number of hydrogen-bond acceptors (Lipinski definition) is 21. The molecule has 5 N–H and O–H groups in total. The van der Waals surface area contributed by atoms with E-state index in [9.17, 15) is 19.5 Å². The van der Waals surface area contributed by atoms with Gasteiger partial charge in [0, 0.05) is 51.0 Å². The van der Waals surface area contributed by atoms with E-state index in [0.29, 0.717) is 73.0 Å². The van der Waals surface area contributed by atoms with Crippen molar-refractivity contribution in [2.75, 3.05) is 93.3 Å². The second-order valence-electron chi connectivity index (χ2n) is 27.0. The number of carbonyl (C=O) groups excluding carboxylic acids is 4. The minimum absolute atomic E-state index is 0.0347. The lowest BCUT2D eigenvalue weighted by Gasteiger charge is -2.45. The number of aliphatic hydroxyl groups excluding tert-OH is 1. The zero-order valence-corrected chi connectivity index (χ0v) is 63.6. The summed E-state index contributed by atoms with van der Waals surface area (Å²) in [5.74, 6) is 2.57. The molecule has 8 atom stereocenters. The van der Waals surface area contributed by atoms with Gasteiger partial charge in [-0.3, -0.25) is 14.2 Å². The molecule has 4 amide bonds. The van der Waals surface area contributed by atoms with Crippen molar-refractivity contribution in [2.24, 2.45) is 0 Å². The van der Waals surface area contributed by atoms with E-state index in [0.717, 1.165) is 57.5 Å². The SMILES string of the molecule is COCCOC(OCCOC)O[C@@H]1[C@H]([18O]C(=O)[C@H](Cc2ccccc2)NC(=O)CCCCCNC(=O)CCCC[C@@H]2SC[C@H]3[C@@H]2NC(=O)N3C(c2ccccc2)(c2ccc(OC)cc2)c2ccc(OC)cc2)[C@@H](CO)O[C@H]1n1cnc2c(NC(c3ccccc3)(c3ccc(OC)cc3)c3ccc(OC)cc3)ncnc21. The summed E-state index contributed by atoms with van der Waals surface area (Å²) in [6.07, 6.45) is 2.34. The molecule has 26 heteroatoms. The molecule has 3 saturated heterocycles. The molecule has 9 aromatic rings. The fraction of sp³-hybridized carbons (Fsp3) is 0.393. The maximum Gasteiger partial charge on any atom is 0.329 e. The van der Waals surface area contributed by atoms with Crippen LogP contribution in [0.1, 0.15) is 96.5 Å². The lowest BCUT2D eigenvalue weighted by molar-refractivity contribution is -0.321. The van der Waals surface area contributed by atoms with E-state index in [4.69, 9.17) is 67.1 Å². The van der Waals surface area contributed by atoms with Crippen molar-refractivity contribution in [3.8, 4) is 23.0 Å². The maximum absolute atomic E-state index is 15.0. The summed E-state index contributed by atoms with van der Waals surface area (Å²) in [4.78, 5) is 73.6. The Bertz CT molecular complexity index is 4300. The quantitative estimate of drug-likeness (QED) is 0.00594. The molecule has 2 aromatic heterocycles. The molecule has 3 fully saturated rings. The molecular weight excluding hydrogens is 1430 g/mol. The second kappa shape index (κ2) is 38.5. The van der Waals surface area contributed by atoms with Crippen molar-refractivity contribution < 1.29 is 76.4 Å². The minimum atomic E-state index is -1.41. The monoisotopic (exact) mass is 1520 g/mol. The van der Waals surface area contributed by atoms with Crippen LogP contribution in [0.25, 0.3) is 11.2 Å². The number of aromatic nitrogens is 4. The zero-order valence-electron chi connectivity index (χ0n) is 62.8. The van der Waals surface area contributed by atoms with Gasteiger partial charge in [0.2, 0.25) is 11.8 Å². The number of anilines is 1. The fourth-order valence-electron chi connectivity index (χ4n) is 14.9. The zero-order chi connectivity index (χ0) is 76.8. The van der Waals surface area contributed by atoms with Gasteiger partial charge in [-0.2, -0.15) is 11.8 Å². The van der Waals surface area contributed by atoms with E-state index < -0.39 is 60.7 Å². The number of nitrogens with zero attached hydrogens (tertiary/aromatic N) is 5. The van der Waals surface area contributed by atoms with E-state index in [2.05, 4.69) is 33.4 Å². The van der Waals surface area contributed by atoms with Crippen LogP contribution in [0.5, 0.6) is 23.0 Å². The largest absolute Gasteiger partial charge is 0.497 e. The highest BCUT2D eigenvalue weighted by Crippen LogP contribution is 2.50. The second-order valence-corrected chi connectivity index (χ2v) is 28.3. The molecular formula is C84H97N9O16S. The number of nitrogens with one attached hydrogen (secondary N) is 4. The molecule has 580 valence electrons. The number of fused-ring (bicyclic) bond motifs is 2. The normalized spacial score (nSPS) is 18.5. The molecule has 5 heterocycles. The molecule has 3 aliphatic rings. The molecule has 0 aliphatic carbocycles. The third-order valence-electron chi connectivity index (χ3n) is 20.4. The molecule has 110 heavy (non-hydrogen) atoms. The predicted octanol–water partition coefficient (Wildman–Crippen LogP) is 10.9. The number of benzene rings is 7. The molecule has 12 rings (SSSR count). The van der Waals surface area contributed by atoms with Crippen molar-refractivity contribution in [2.45, 2.75) is 123 Å². The molecule has 0 spiro atoms. The fourth-order valence-corrected chi connectivity index (χ4v) is 16.5. The Labute approximate surface area is 645 Å². The van der Waals surface area contributed by atoms with Gasteiger partial charge >= 0.3 is 12.0 Å². The van der Waals surface area contributed by atoms with Crippen LogP contribution in [0.3, 0.4) is 0 Å². The third-order valence-corrected chi connectivity index (χ3v) is 21.9. The Morgan fingerprint density at radius 3 is 1.72 bits per heavy atom. The lowest BCUT2D eigenvalue weighted by Crippen LogP contribution is -2.53. The number of unbranched alkanes of at least 4 members (excludes halogenated alkanes) is 3. The third kappa shape index (κ3) is 18.2. The Balaban J connectivity index is 0.691. The Kier molecular flexibility index (Phi) is 27.8. The van der Waals surface area contributed by atoms with E-state index >= 15 is 4.79 Å². The molecule has 7 aromatic carbocycles. The van der Waals surface area contributed by atoms with Gasteiger partial charge in [-0.05, 0) is 113 Å². The molecule has 25 nitrogen and oxygen atoms in total. The Morgan fingerprint density at radius 1 is 0.627 bits per heavy atom. The number of methoxy groups -OCH3 is 6. The van der Waals surface area contributed by atoms with Gasteiger partial charge in [0.25, 0.3) is 6.48 Å². The van der Waals surface area contributed by atoms with Crippen LogP contribution in [-0.2, 0) is 65.0 Å². The number of thioether (sulfide) groups is 1. The van der Waals surface area contributed by atoms with Crippen LogP contribution in [0.15, 0.2) is 201 Å². The number of urea groups is 1. The van der Waals surface area contributed by atoms with Gasteiger partial charge in [0.1, 0.15) is 58.7 Å². The smallest absolute Gasteiger partial charge is 0.329 e. The number of ether oxygens (including phenoxy) is 11. The molecule has 0 unspecified atom stereocenters. The van der Waals surface area contributed by atoms with E-state index in [1.54, 1.807) is 33.0 Å². The summed E-state index contributed by atoms with van der Waals surface area (Å²) in [7, 11) is 9.57.